The topological polar surface area (TPSA) is 54.0 Å². The molecule has 2 N–H and O–H groups in total. The highest BCUT2D eigenvalue weighted by molar-refractivity contribution is 6.35. The Morgan fingerprint density at radius 3 is 2.71 bits per heavy atom. The molecular weight excluding hydrogens is 309 g/mol. The van der Waals surface area contributed by atoms with Crippen molar-refractivity contribution in [2.45, 2.75) is 19.8 Å². The first kappa shape index (κ1) is 15.6. The molecule has 6 heteroatoms. The van der Waals surface area contributed by atoms with E-state index >= 15 is 0 Å². The second-order valence-corrected chi connectivity index (χ2v) is 5.32. The van der Waals surface area contributed by atoms with Gasteiger partial charge < -0.3 is 10.6 Å². The number of hydrogen-bond acceptors (Lipinski definition) is 3. The number of carbonyl (C=O) groups is 1. The number of rotatable bonds is 5. The van der Waals surface area contributed by atoms with E-state index in [9.17, 15) is 4.79 Å². The van der Waals surface area contributed by atoms with Gasteiger partial charge in [-0.25, -0.2) is 4.98 Å². The van der Waals surface area contributed by atoms with Gasteiger partial charge in [-0.15, -0.1) is 0 Å². The molecule has 2 aromatic rings. The number of carbonyl (C=O) groups excluding carboxylic acids is 1. The van der Waals surface area contributed by atoms with Crippen LogP contribution in [0.1, 0.15) is 19.8 Å². The van der Waals surface area contributed by atoms with E-state index in [1.54, 1.807) is 30.5 Å². The van der Waals surface area contributed by atoms with Crippen molar-refractivity contribution in [2.75, 3.05) is 10.6 Å². The fourth-order valence-corrected chi connectivity index (χ4v) is 2.06. The lowest BCUT2D eigenvalue weighted by Gasteiger charge is -2.09. The summed E-state index contributed by atoms with van der Waals surface area (Å²) in [5.74, 6) is 0.486. The third-order valence-corrected chi connectivity index (χ3v) is 3.28. The number of anilines is 3. The summed E-state index contributed by atoms with van der Waals surface area (Å²) in [6.07, 6.45) is 2.91. The highest BCUT2D eigenvalue weighted by Gasteiger charge is 2.04. The zero-order valence-corrected chi connectivity index (χ0v) is 13.0. The van der Waals surface area contributed by atoms with Crippen LogP contribution >= 0.6 is 23.2 Å². The largest absolute Gasteiger partial charge is 0.353 e. The Hall–Kier alpha value is -1.78. The molecule has 0 saturated heterocycles. The molecule has 0 aliphatic heterocycles. The summed E-state index contributed by atoms with van der Waals surface area (Å²) < 4.78 is 0. The summed E-state index contributed by atoms with van der Waals surface area (Å²) in [6, 6.07) is 8.72. The molecule has 0 spiro atoms. The number of nitrogens with one attached hydrogen (secondary N) is 2. The maximum absolute atomic E-state index is 11.5. The molecule has 0 fully saturated rings. The molecule has 1 amide bonds. The second-order valence-electron chi connectivity index (χ2n) is 4.48. The molecular formula is C15H15Cl2N3O. The molecule has 2 rings (SSSR count). The number of hydrogen-bond donors (Lipinski definition) is 2. The van der Waals surface area contributed by atoms with Crippen molar-refractivity contribution in [2.24, 2.45) is 0 Å². The van der Waals surface area contributed by atoms with Crippen LogP contribution < -0.4 is 10.6 Å². The Morgan fingerprint density at radius 1 is 1.24 bits per heavy atom. The minimum atomic E-state index is -0.0383. The minimum Gasteiger partial charge on any atom is -0.353 e. The Morgan fingerprint density at radius 2 is 2.05 bits per heavy atom. The van der Waals surface area contributed by atoms with Crippen molar-refractivity contribution in [3.8, 4) is 0 Å². The van der Waals surface area contributed by atoms with Crippen molar-refractivity contribution in [3.05, 3.63) is 46.6 Å². The van der Waals surface area contributed by atoms with Crippen LogP contribution in [0.5, 0.6) is 0 Å². The van der Waals surface area contributed by atoms with Crippen LogP contribution in [0.2, 0.25) is 10.0 Å². The van der Waals surface area contributed by atoms with Gasteiger partial charge in [-0.2, -0.15) is 0 Å². The van der Waals surface area contributed by atoms with Gasteiger partial charge in [0.15, 0.2) is 0 Å². The molecule has 1 aromatic carbocycles. The smallest absolute Gasteiger partial charge is 0.225 e. The number of aromatic nitrogens is 1. The Bertz CT molecular complexity index is 629. The molecule has 1 heterocycles. The molecule has 0 bridgehead atoms. The predicted molar refractivity (Wildman–Crippen MR) is 87.5 cm³/mol. The summed E-state index contributed by atoms with van der Waals surface area (Å²) >= 11 is 12.0. The molecule has 0 saturated carbocycles. The van der Waals surface area contributed by atoms with Gasteiger partial charge in [-0.1, -0.05) is 30.1 Å². The molecule has 0 aliphatic rings. The van der Waals surface area contributed by atoms with Gasteiger partial charge in [0, 0.05) is 11.4 Å². The molecule has 0 aliphatic carbocycles. The maximum atomic E-state index is 11.5. The molecule has 0 unspecified atom stereocenters. The lowest BCUT2D eigenvalue weighted by atomic mass is 10.3. The van der Waals surface area contributed by atoms with Crippen molar-refractivity contribution >= 4 is 46.3 Å². The highest BCUT2D eigenvalue weighted by atomic mass is 35.5. The quantitative estimate of drug-likeness (QED) is 0.825. The maximum Gasteiger partial charge on any atom is 0.225 e. The van der Waals surface area contributed by atoms with Crippen LogP contribution in [0.3, 0.4) is 0 Å². The van der Waals surface area contributed by atoms with Crippen LogP contribution in [-0.2, 0) is 4.79 Å². The fraction of sp³-hybridized carbons (Fsp3) is 0.200. The van der Waals surface area contributed by atoms with Crippen molar-refractivity contribution in [3.63, 3.8) is 0 Å². The summed E-state index contributed by atoms with van der Waals surface area (Å²) in [6.45, 7) is 1.95. The zero-order valence-electron chi connectivity index (χ0n) is 11.5. The van der Waals surface area contributed by atoms with Gasteiger partial charge in [0.2, 0.25) is 5.91 Å². The SMILES string of the molecule is CCCC(=O)Nc1ccc(Nc2cc(Cl)ccc2Cl)cn1. The third kappa shape index (κ3) is 4.62. The van der Waals surface area contributed by atoms with Crippen LogP contribution in [0, 0.1) is 0 Å². The highest BCUT2D eigenvalue weighted by Crippen LogP contribution is 2.28. The third-order valence-electron chi connectivity index (χ3n) is 2.72. The van der Waals surface area contributed by atoms with Gasteiger partial charge in [-0.3, -0.25) is 4.79 Å². The standard InChI is InChI=1S/C15H15Cl2N3O/c1-2-3-15(21)20-14-7-5-11(9-18-14)19-13-8-10(16)4-6-12(13)17/h4-9,19H,2-3H2,1H3,(H,18,20,21). The fourth-order valence-electron chi connectivity index (χ4n) is 1.72. The van der Waals surface area contributed by atoms with Crippen LogP contribution in [-0.4, -0.2) is 10.9 Å². The van der Waals surface area contributed by atoms with E-state index < -0.39 is 0 Å². The Balaban J connectivity index is 2.05. The lowest BCUT2D eigenvalue weighted by molar-refractivity contribution is -0.116. The van der Waals surface area contributed by atoms with E-state index in [1.807, 2.05) is 13.0 Å². The van der Waals surface area contributed by atoms with E-state index in [2.05, 4.69) is 15.6 Å². The molecule has 1 aromatic heterocycles. The first-order chi connectivity index (χ1) is 10.1. The molecule has 4 nitrogen and oxygen atoms in total. The number of amides is 1. The van der Waals surface area contributed by atoms with Crippen molar-refractivity contribution in [1.82, 2.24) is 4.98 Å². The van der Waals surface area contributed by atoms with E-state index in [-0.39, 0.29) is 5.91 Å². The number of halogens is 2. The van der Waals surface area contributed by atoms with E-state index in [4.69, 9.17) is 23.2 Å². The molecule has 0 atom stereocenters. The van der Waals surface area contributed by atoms with E-state index in [0.717, 1.165) is 12.1 Å². The average molecular weight is 324 g/mol. The molecule has 0 radical (unpaired) electrons. The van der Waals surface area contributed by atoms with Gasteiger partial charge in [0.25, 0.3) is 0 Å². The second kappa shape index (κ2) is 7.29. The summed E-state index contributed by atoms with van der Waals surface area (Å²) in [7, 11) is 0. The Kier molecular flexibility index (Phi) is 5.42. The lowest BCUT2D eigenvalue weighted by Crippen LogP contribution is -2.11. The van der Waals surface area contributed by atoms with Gasteiger partial charge in [-0.05, 0) is 36.8 Å². The average Bonchev–Trinajstić information content (AvgIpc) is 2.45. The first-order valence-electron chi connectivity index (χ1n) is 6.56. The Labute approximate surface area is 133 Å². The minimum absolute atomic E-state index is 0.0383. The number of pyridine rings is 1. The summed E-state index contributed by atoms with van der Waals surface area (Å²) in [5, 5.41) is 7.02. The number of nitrogens with zero attached hydrogens (tertiary/aromatic N) is 1. The number of benzene rings is 1. The van der Waals surface area contributed by atoms with Crippen LogP contribution in [0.4, 0.5) is 17.2 Å². The van der Waals surface area contributed by atoms with Crippen LogP contribution in [0.15, 0.2) is 36.5 Å². The predicted octanol–water partition coefficient (Wildman–Crippen LogP) is 4.87. The van der Waals surface area contributed by atoms with E-state index in [1.165, 1.54) is 0 Å². The van der Waals surface area contributed by atoms with Crippen molar-refractivity contribution in [1.29, 1.82) is 0 Å². The van der Waals surface area contributed by atoms with E-state index in [0.29, 0.717) is 28.0 Å². The summed E-state index contributed by atoms with van der Waals surface area (Å²) in [4.78, 5) is 15.7. The molecule has 110 valence electrons. The molecule has 21 heavy (non-hydrogen) atoms. The monoisotopic (exact) mass is 323 g/mol. The van der Waals surface area contributed by atoms with Crippen molar-refractivity contribution < 1.29 is 4.79 Å². The normalized spacial score (nSPS) is 10.2. The summed E-state index contributed by atoms with van der Waals surface area (Å²) in [5.41, 5.74) is 1.46. The zero-order chi connectivity index (χ0) is 15.2. The van der Waals surface area contributed by atoms with Gasteiger partial charge in [0.1, 0.15) is 5.82 Å². The van der Waals surface area contributed by atoms with Gasteiger partial charge in [0.05, 0.1) is 22.6 Å². The van der Waals surface area contributed by atoms with Gasteiger partial charge >= 0.3 is 0 Å². The first-order valence-corrected chi connectivity index (χ1v) is 7.32. The van der Waals surface area contributed by atoms with Crippen LogP contribution in [0.25, 0.3) is 0 Å².